The number of anilines is 2. The van der Waals surface area contributed by atoms with Gasteiger partial charge in [0.2, 0.25) is 0 Å². The highest BCUT2D eigenvalue weighted by Crippen LogP contribution is 2.27. The Morgan fingerprint density at radius 2 is 1.76 bits per heavy atom. The first-order chi connectivity index (χ1) is 11.9. The van der Waals surface area contributed by atoms with E-state index in [0.29, 0.717) is 11.3 Å². The summed E-state index contributed by atoms with van der Waals surface area (Å²) in [4.78, 5) is 25.6. The predicted molar refractivity (Wildman–Crippen MR) is 95.9 cm³/mol. The molecule has 0 aliphatic carbocycles. The standard InChI is InChI=1S/C19H21FN2O3/c1-3-4-11-22(2)17-10-7-14(19(24)25)12-16(17)21-18(23)13-5-8-15(20)9-6-13/h5-10,12H,3-4,11H2,1-2H3,(H,21,23)(H,24,25). The molecule has 2 N–H and O–H groups in total. The van der Waals surface area contributed by atoms with Gasteiger partial charge < -0.3 is 15.3 Å². The van der Waals surface area contributed by atoms with Crippen molar-refractivity contribution in [3.63, 3.8) is 0 Å². The minimum atomic E-state index is -1.07. The summed E-state index contributed by atoms with van der Waals surface area (Å²) in [5.41, 5.74) is 1.52. The first-order valence-electron chi connectivity index (χ1n) is 8.07. The average Bonchev–Trinajstić information content (AvgIpc) is 2.60. The molecule has 0 atom stereocenters. The first kappa shape index (κ1) is 18.4. The number of carboxylic acids is 1. The molecule has 132 valence electrons. The molecule has 25 heavy (non-hydrogen) atoms. The fourth-order valence-corrected chi connectivity index (χ4v) is 2.41. The second-order valence-corrected chi connectivity index (χ2v) is 5.77. The summed E-state index contributed by atoms with van der Waals surface area (Å²) in [5, 5.41) is 11.9. The lowest BCUT2D eigenvalue weighted by Crippen LogP contribution is -2.22. The normalized spacial score (nSPS) is 10.4. The SMILES string of the molecule is CCCCN(C)c1ccc(C(=O)O)cc1NC(=O)c1ccc(F)cc1. The third kappa shape index (κ3) is 4.79. The number of hydrogen-bond donors (Lipinski definition) is 2. The topological polar surface area (TPSA) is 69.6 Å². The van der Waals surface area contributed by atoms with Gasteiger partial charge in [-0.15, -0.1) is 0 Å². The van der Waals surface area contributed by atoms with Gasteiger partial charge in [-0.2, -0.15) is 0 Å². The molecule has 0 fully saturated rings. The number of aromatic carboxylic acids is 1. The largest absolute Gasteiger partial charge is 0.478 e. The van der Waals surface area contributed by atoms with Crippen LogP contribution in [0.15, 0.2) is 42.5 Å². The summed E-state index contributed by atoms with van der Waals surface area (Å²) >= 11 is 0. The molecule has 2 aromatic carbocycles. The summed E-state index contributed by atoms with van der Waals surface area (Å²) in [7, 11) is 1.89. The number of carboxylic acid groups (broad SMARTS) is 1. The van der Waals surface area contributed by atoms with Crippen LogP contribution >= 0.6 is 0 Å². The van der Waals surface area contributed by atoms with E-state index in [0.717, 1.165) is 25.1 Å². The zero-order chi connectivity index (χ0) is 18.4. The van der Waals surface area contributed by atoms with Gasteiger partial charge in [-0.1, -0.05) is 13.3 Å². The van der Waals surface area contributed by atoms with E-state index in [1.807, 2.05) is 11.9 Å². The molecule has 2 aromatic rings. The van der Waals surface area contributed by atoms with Crippen molar-refractivity contribution in [1.82, 2.24) is 0 Å². The summed E-state index contributed by atoms with van der Waals surface area (Å²) in [6, 6.07) is 9.79. The van der Waals surface area contributed by atoms with Crippen LogP contribution in [0.1, 0.15) is 40.5 Å². The smallest absolute Gasteiger partial charge is 0.335 e. The van der Waals surface area contributed by atoms with Crippen molar-refractivity contribution in [2.75, 3.05) is 23.8 Å². The Morgan fingerprint density at radius 1 is 1.12 bits per heavy atom. The molecule has 5 nitrogen and oxygen atoms in total. The van der Waals surface area contributed by atoms with E-state index in [-0.39, 0.29) is 5.56 Å². The first-order valence-corrected chi connectivity index (χ1v) is 8.07. The molecule has 1 amide bonds. The minimum Gasteiger partial charge on any atom is -0.478 e. The number of nitrogens with zero attached hydrogens (tertiary/aromatic N) is 1. The molecule has 0 aromatic heterocycles. The van der Waals surface area contributed by atoms with Gasteiger partial charge >= 0.3 is 5.97 Å². The monoisotopic (exact) mass is 344 g/mol. The van der Waals surface area contributed by atoms with Gasteiger partial charge in [0.25, 0.3) is 5.91 Å². The van der Waals surface area contributed by atoms with Crippen molar-refractivity contribution in [2.24, 2.45) is 0 Å². The van der Waals surface area contributed by atoms with Crippen LogP contribution in [-0.4, -0.2) is 30.6 Å². The van der Waals surface area contributed by atoms with Crippen LogP contribution in [0.3, 0.4) is 0 Å². The summed E-state index contributed by atoms with van der Waals surface area (Å²) < 4.78 is 13.0. The van der Waals surface area contributed by atoms with Crippen LogP contribution in [0.25, 0.3) is 0 Å². The van der Waals surface area contributed by atoms with Gasteiger partial charge in [0.1, 0.15) is 5.82 Å². The Labute approximate surface area is 146 Å². The van der Waals surface area contributed by atoms with Crippen molar-refractivity contribution < 1.29 is 19.1 Å². The number of carbonyl (C=O) groups is 2. The van der Waals surface area contributed by atoms with Crippen LogP contribution in [0.4, 0.5) is 15.8 Å². The second-order valence-electron chi connectivity index (χ2n) is 5.77. The van der Waals surface area contributed by atoms with Crippen LogP contribution in [-0.2, 0) is 0 Å². The van der Waals surface area contributed by atoms with Gasteiger partial charge in [0.05, 0.1) is 16.9 Å². The van der Waals surface area contributed by atoms with Crippen molar-refractivity contribution in [2.45, 2.75) is 19.8 Å². The highest BCUT2D eigenvalue weighted by molar-refractivity contribution is 6.06. The second kappa shape index (κ2) is 8.28. The number of hydrogen-bond acceptors (Lipinski definition) is 3. The number of rotatable bonds is 7. The third-order valence-corrected chi connectivity index (χ3v) is 3.86. The maximum absolute atomic E-state index is 13.0. The van der Waals surface area contributed by atoms with Crippen LogP contribution in [0.2, 0.25) is 0 Å². The Kier molecular flexibility index (Phi) is 6.11. The van der Waals surface area contributed by atoms with E-state index in [4.69, 9.17) is 0 Å². The van der Waals surface area contributed by atoms with E-state index in [1.165, 1.54) is 36.4 Å². The van der Waals surface area contributed by atoms with E-state index in [1.54, 1.807) is 6.07 Å². The number of nitrogens with one attached hydrogen (secondary N) is 1. The number of carbonyl (C=O) groups excluding carboxylic acids is 1. The molecule has 0 unspecified atom stereocenters. The Hall–Kier alpha value is -2.89. The lowest BCUT2D eigenvalue weighted by atomic mass is 10.1. The highest BCUT2D eigenvalue weighted by atomic mass is 19.1. The number of benzene rings is 2. The molecule has 2 rings (SSSR count). The number of amides is 1. The number of halogens is 1. The molecule has 0 spiro atoms. The van der Waals surface area contributed by atoms with Crippen molar-refractivity contribution in [1.29, 1.82) is 0 Å². The molecule has 0 aliphatic heterocycles. The van der Waals surface area contributed by atoms with Crippen LogP contribution in [0, 0.1) is 5.82 Å². The lowest BCUT2D eigenvalue weighted by Gasteiger charge is -2.23. The van der Waals surface area contributed by atoms with E-state index < -0.39 is 17.7 Å². The minimum absolute atomic E-state index is 0.0852. The molecule has 0 heterocycles. The van der Waals surface area contributed by atoms with Gasteiger partial charge in [-0.25, -0.2) is 9.18 Å². The van der Waals surface area contributed by atoms with Crippen LogP contribution < -0.4 is 10.2 Å². The summed E-state index contributed by atoms with van der Waals surface area (Å²) in [5.74, 6) is -1.92. The fourth-order valence-electron chi connectivity index (χ4n) is 2.41. The molecular weight excluding hydrogens is 323 g/mol. The molecule has 0 bridgehead atoms. The van der Waals surface area contributed by atoms with E-state index in [9.17, 15) is 19.1 Å². The maximum Gasteiger partial charge on any atom is 0.335 e. The summed E-state index contributed by atoms with van der Waals surface area (Å²) in [6.07, 6.45) is 2.00. The van der Waals surface area contributed by atoms with Gasteiger partial charge in [-0.3, -0.25) is 4.79 Å². The van der Waals surface area contributed by atoms with Gasteiger partial charge in [-0.05, 0) is 48.9 Å². The van der Waals surface area contributed by atoms with E-state index >= 15 is 0 Å². The molecular formula is C19H21FN2O3. The molecule has 0 saturated heterocycles. The molecule has 0 radical (unpaired) electrons. The summed E-state index contributed by atoms with van der Waals surface area (Å²) in [6.45, 7) is 2.86. The van der Waals surface area contributed by atoms with Crippen LogP contribution in [0.5, 0.6) is 0 Å². The molecule has 6 heteroatoms. The molecule has 0 saturated carbocycles. The zero-order valence-corrected chi connectivity index (χ0v) is 14.3. The fraction of sp³-hybridized carbons (Fsp3) is 0.263. The Bertz CT molecular complexity index is 760. The van der Waals surface area contributed by atoms with Crippen molar-refractivity contribution in [3.05, 3.63) is 59.4 Å². The van der Waals surface area contributed by atoms with Crippen molar-refractivity contribution >= 4 is 23.3 Å². The maximum atomic E-state index is 13.0. The Balaban J connectivity index is 2.31. The van der Waals surface area contributed by atoms with E-state index in [2.05, 4.69) is 12.2 Å². The average molecular weight is 344 g/mol. The quantitative estimate of drug-likeness (QED) is 0.796. The molecule has 0 aliphatic rings. The van der Waals surface area contributed by atoms with Crippen molar-refractivity contribution in [3.8, 4) is 0 Å². The Morgan fingerprint density at radius 3 is 2.36 bits per heavy atom. The highest BCUT2D eigenvalue weighted by Gasteiger charge is 2.15. The lowest BCUT2D eigenvalue weighted by molar-refractivity contribution is 0.0696. The van der Waals surface area contributed by atoms with Gasteiger partial charge in [0.15, 0.2) is 0 Å². The zero-order valence-electron chi connectivity index (χ0n) is 14.3. The predicted octanol–water partition coefficient (Wildman–Crippen LogP) is 4.01. The number of unbranched alkanes of at least 4 members (excludes halogenated alkanes) is 1. The van der Waals surface area contributed by atoms with Gasteiger partial charge in [0, 0.05) is 19.2 Å². The third-order valence-electron chi connectivity index (χ3n) is 3.86.